The third-order valence-electron chi connectivity index (χ3n) is 6.01. The number of carbonyl (C=O) groups is 1. The molecule has 1 amide bonds. The highest BCUT2D eigenvalue weighted by molar-refractivity contribution is 6.03. The Labute approximate surface area is 193 Å². The van der Waals surface area contributed by atoms with Gasteiger partial charge in [-0.05, 0) is 54.8 Å². The smallest absolute Gasteiger partial charge is 0.331 e. The Morgan fingerprint density at radius 1 is 1.24 bits per heavy atom. The fourth-order valence-corrected chi connectivity index (χ4v) is 4.06. The topological polar surface area (TPSA) is 123 Å². The zero-order valence-corrected chi connectivity index (χ0v) is 18.4. The Kier molecular flexibility index (Phi) is 5.37. The van der Waals surface area contributed by atoms with Crippen LogP contribution < -0.4 is 16.0 Å². The third kappa shape index (κ3) is 3.81. The standard InChI is InChI=1S/C24H21N5O5/c1-33-18-8-4-15(5-9-18)19-11-20(21-3-2-10-34-21)29(26-19)22(30)14-28-23(31)16(12-25)13-27(24(28)32)17-6-7-17/h2-5,8-10,13,17,20H,6-7,11,14H2,1H3. The molecule has 5 rings (SSSR count). The number of hydrogen-bond donors (Lipinski definition) is 0. The number of methoxy groups -OCH3 is 1. The van der Waals surface area contributed by atoms with E-state index in [1.807, 2.05) is 18.2 Å². The summed E-state index contributed by atoms with van der Waals surface area (Å²) in [7, 11) is 1.58. The quantitative estimate of drug-likeness (QED) is 0.557. The lowest BCUT2D eigenvalue weighted by Gasteiger charge is -2.20. The van der Waals surface area contributed by atoms with E-state index in [0.717, 1.165) is 23.0 Å². The molecule has 34 heavy (non-hydrogen) atoms. The molecule has 172 valence electrons. The number of aromatic nitrogens is 2. The summed E-state index contributed by atoms with van der Waals surface area (Å²) in [6.07, 6.45) is 4.77. The number of rotatable bonds is 6. The number of furan rings is 1. The van der Waals surface area contributed by atoms with Crippen LogP contribution in [0.4, 0.5) is 0 Å². The summed E-state index contributed by atoms with van der Waals surface area (Å²) in [6, 6.07) is 12.0. The number of amides is 1. The molecule has 2 aliphatic rings. The molecule has 1 saturated carbocycles. The third-order valence-corrected chi connectivity index (χ3v) is 6.01. The fraction of sp³-hybridized carbons (Fsp3) is 0.292. The van der Waals surface area contributed by atoms with E-state index in [4.69, 9.17) is 9.15 Å². The monoisotopic (exact) mass is 459 g/mol. The maximum absolute atomic E-state index is 13.4. The minimum Gasteiger partial charge on any atom is -0.497 e. The Morgan fingerprint density at radius 3 is 2.62 bits per heavy atom. The largest absolute Gasteiger partial charge is 0.497 e. The molecule has 2 aromatic heterocycles. The molecule has 1 aliphatic carbocycles. The van der Waals surface area contributed by atoms with Gasteiger partial charge in [0.05, 0.1) is 19.1 Å². The van der Waals surface area contributed by atoms with Crippen molar-refractivity contribution in [3.63, 3.8) is 0 Å². The summed E-state index contributed by atoms with van der Waals surface area (Å²) in [6.45, 7) is -0.531. The van der Waals surface area contributed by atoms with Gasteiger partial charge >= 0.3 is 5.69 Å². The lowest BCUT2D eigenvalue weighted by molar-refractivity contribution is -0.134. The van der Waals surface area contributed by atoms with Crippen LogP contribution in [0, 0.1) is 11.3 Å². The molecule has 1 atom stereocenters. The van der Waals surface area contributed by atoms with E-state index in [0.29, 0.717) is 23.6 Å². The number of nitrogens with zero attached hydrogens (tertiary/aromatic N) is 5. The van der Waals surface area contributed by atoms with Crippen molar-refractivity contribution in [1.82, 2.24) is 14.1 Å². The van der Waals surface area contributed by atoms with Crippen molar-refractivity contribution in [1.29, 1.82) is 5.26 Å². The predicted molar refractivity (Wildman–Crippen MR) is 120 cm³/mol. The van der Waals surface area contributed by atoms with Gasteiger partial charge < -0.3 is 9.15 Å². The minimum absolute atomic E-state index is 0.0519. The zero-order chi connectivity index (χ0) is 23.8. The van der Waals surface area contributed by atoms with Crippen LogP contribution in [0.2, 0.25) is 0 Å². The van der Waals surface area contributed by atoms with Gasteiger partial charge in [0.25, 0.3) is 11.5 Å². The summed E-state index contributed by atoms with van der Waals surface area (Å²) in [5.74, 6) is 0.678. The van der Waals surface area contributed by atoms with Gasteiger partial charge in [-0.1, -0.05) is 0 Å². The van der Waals surface area contributed by atoms with Crippen LogP contribution in [-0.4, -0.2) is 32.9 Å². The summed E-state index contributed by atoms with van der Waals surface area (Å²) >= 11 is 0. The van der Waals surface area contributed by atoms with E-state index in [2.05, 4.69) is 5.10 Å². The summed E-state index contributed by atoms with van der Waals surface area (Å²) in [4.78, 5) is 39.0. The second kappa shape index (κ2) is 8.51. The molecular weight excluding hydrogens is 438 g/mol. The van der Waals surface area contributed by atoms with Crippen molar-refractivity contribution in [3.8, 4) is 11.8 Å². The Bertz CT molecular complexity index is 1420. The van der Waals surface area contributed by atoms with Crippen LogP contribution in [0.25, 0.3) is 0 Å². The highest BCUT2D eigenvalue weighted by Crippen LogP contribution is 2.34. The van der Waals surface area contributed by atoms with E-state index in [1.54, 1.807) is 31.4 Å². The molecule has 1 aromatic carbocycles. The molecule has 1 aliphatic heterocycles. The molecule has 0 N–H and O–H groups in total. The van der Waals surface area contributed by atoms with Crippen LogP contribution in [0.5, 0.6) is 5.75 Å². The highest BCUT2D eigenvalue weighted by atomic mass is 16.5. The average molecular weight is 459 g/mol. The lowest BCUT2D eigenvalue weighted by Crippen LogP contribution is -2.44. The van der Waals surface area contributed by atoms with Gasteiger partial charge in [-0.2, -0.15) is 10.4 Å². The Morgan fingerprint density at radius 2 is 2.00 bits per heavy atom. The van der Waals surface area contributed by atoms with E-state index >= 15 is 0 Å². The van der Waals surface area contributed by atoms with Crippen LogP contribution in [0.15, 0.2) is 68.0 Å². The van der Waals surface area contributed by atoms with Gasteiger partial charge in [0.1, 0.15) is 35.7 Å². The molecular formula is C24H21N5O5. The molecule has 1 unspecified atom stereocenters. The van der Waals surface area contributed by atoms with Gasteiger partial charge in [-0.15, -0.1) is 0 Å². The van der Waals surface area contributed by atoms with E-state index in [9.17, 15) is 19.6 Å². The first-order valence-electron chi connectivity index (χ1n) is 10.8. The fourth-order valence-electron chi connectivity index (χ4n) is 4.06. The van der Waals surface area contributed by atoms with Crippen molar-refractivity contribution >= 4 is 11.6 Å². The van der Waals surface area contributed by atoms with Gasteiger partial charge in [-0.25, -0.2) is 14.4 Å². The molecule has 10 nitrogen and oxygen atoms in total. The number of nitriles is 1. The lowest BCUT2D eigenvalue weighted by atomic mass is 10.0. The normalized spacial score (nSPS) is 17.4. The number of benzene rings is 1. The van der Waals surface area contributed by atoms with Crippen LogP contribution in [0.1, 0.15) is 48.2 Å². The van der Waals surface area contributed by atoms with E-state index in [1.165, 1.54) is 22.0 Å². The molecule has 0 saturated heterocycles. The van der Waals surface area contributed by atoms with Gasteiger partial charge in [0.15, 0.2) is 0 Å². The highest BCUT2D eigenvalue weighted by Gasteiger charge is 2.36. The molecule has 0 spiro atoms. The average Bonchev–Trinajstić information content (AvgIpc) is 3.36. The molecule has 3 aromatic rings. The van der Waals surface area contributed by atoms with Crippen molar-refractivity contribution in [3.05, 3.63) is 86.6 Å². The van der Waals surface area contributed by atoms with Gasteiger partial charge in [-0.3, -0.25) is 14.2 Å². The molecule has 10 heteroatoms. The van der Waals surface area contributed by atoms with Crippen molar-refractivity contribution in [2.75, 3.05) is 7.11 Å². The first-order valence-corrected chi connectivity index (χ1v) is 10.8. The number of carbonyl (C=O) groups excluding carboxylic acids is 1. The SMILES string of the molecule is COc1ccc(C2=NN(C(=O)Cn3c(=O)c(C#N)cn(C4CC4)c3=O)C(c3ccco3)C2)cc1. The minimum atomic E-state index is -0.786. The van der Waals surface area contributed by atoms with Crippen LogP contribution in [-0.2, 0) is 11.3 Å². The predicted octanol–water partition coefficient (Wildman–Crippen LogP) is 2.20. The van der Waals surface area contributed by atoms with Crippen molar-refractivity contribution in [2.24, 2.45) is 5.10 Å². The second-order valence-electron chi connectivity index (χ2n) is 8.22. The van der Waals surface area contributed by atoms with Crippen molar-refractivity contribution in [2.45, 2.75) is 37.9 Å². The summed E-state index contributed by atoms with van der Waals surface area (Å²) in [5, 5.41) is 15.1. The summed E-state index contributed by atoms with van der Waals surface area (Å²) < 4.78 is 12.9. The van der Waals surface area contributed by atoms with Crippen LogP contribution in [0.3, 0.4) is 0 Å². The second-order valence-corrected chi connectivity index (χ2v) is 8.22. The van der Waals surface area contributed by atoms with E-state index in [-0.39, 0.29) is 11.6 Å². The maximum atomic E-state index is 13.4. The van der Waals surface area contributed by atoms with E-state index < -0.39 is 29.7 Å². The summed E-state index contributed by atoms with van der Waals surface area (Å²) in [5.41, 5.74) is -0.0946. The number of ether oxygens (including phenoxy) is 1. The number of hydrazone groups is 1. The van der Waals surface area contributed by atoms with Gasteiger partial charge in [0, 0.05) is 18.7 Å². The Balaban J connectivity index is 1.50. The first kappa shape index (κ1) is 21.5. The maximum Gasteiger partial charge on any atom is 0.331 e. The molecule has 1 fully saturated rings. The molecule has 3 heterocycles. The molecule has 0 radical (unpaired) electrons. The zero-order valence-electron chi connectivity index (χ0n) is 18.4. The Hall–Kier alpha value is -4.39. The number of hydrogen-bond acceptors (Lipinski definition) is 7. The first-order chi connectivity index (χ1) is 16.5. The van der Waals surface area contributed by atoms with Crippen molar-refractivity contribution < 1.29 is 13.9 Å². The van der Waals surface area contributed by atoms with Crippen LogP contribution >= 0.6 is 0 Å². The van der Waals surface area contributed by atoms with Gasteiger partial charge in [0.2, 0.25) is 0 Å². The molecule has 0 bridgehead atoms.